The number of imidazole rings is 1. The number of hydrogen-bond acceptors (Lipinski definition) is 4. The number of carbonyl (C=O) groups excluding carboxylic acids is 1. The Morgan fingerprint density at radius 3 is 2.96 bits per heavy atom. The van der Waals surface area contributed by atoms with Crippen LogP contribution in [-0.4, -0.2) is 32.7 Å². The van der Waals surface area contributed by atoms with Gasteiger partial charge in [0.25, 0.3) is 0 Å². The van der Waals surface area contributed by atoms with Crippen molar-refractivity contribution in [3.8, 4) is 0 Å². The monoisotopic (exact) mass is 336 g/mol. The van der Waals surface area contributed by atoms with E-state index in [0.717, 1.165) is 23.5 Å². The Morgan fingerprint density at radius 1 is 1.48 bits per heavy atom. The Morgan fingerprint density at radius 2 is 2.26 bits per heavy atom. The quantitative estimate of drug-likeness (QED) is 0.785. The summed E-state index contributed by atoms with van der Waals surface area (Å²) in [6, 6.07) is -0.247. The summed E-state index contributed by atoms with van der Waals surface area (Å²) in [4.78, 5) is 17.6. The number of nitrogens with one attached hydrogen (secondary N) is 2. The highest BCUT2D eigenvalue weighted by atomic mass is 32.1. The number of aliphatic hydroxyl groups excluding tert-OH is 1. The van der Waals surface area contributed by atoms with Crippen LogP contribution in [0.4, 0.5) is 4.79 Å². The highest BCUT2D eigenvalue weighted by molar-refractivity contribution is 7.15. The second kappa shape index (κ2) is 6.88. The van der Waals surface area contributed by atoms with Gasteiger partial charge >= 0.3 is 6.03 Å². The molecule has 3 N–H and O–H groups in total. The van der Waals surface area contributed by atoms with Gasteiger partial charge < -0.3 is 15.7 Å². The Kier molecular flexibility index (Phi) is 4.87. The van der Waals surface area contributed by atoms with Crippen LogP contribution in [0, 0.1) is 5.92 Å². The molecule has 1 atom stereocenters. The number of thiazole rings is 1. The summed E-state index contributed by atoms with van der Waals surface area (Å²) in [6.07, 6.45) is 9.59. The number of amides is 2. The van der Waals surface area contributed by atoms with Crippen LogP contribution in [0.1, 0.15) is 44.7 Å². The maximum atomic E-state index is 12.2. The molecule has 0 bridgehead atoms. The smallest absolute Gasteiger partial charge is 0.315 e. The van der Waals surface area contributed by atoms with Gasteiger partial charge in [-0.1, -0.05) is 19.3 Å². The summed E-state index contributed by atoms with van der Waals surface area (Å²) in [6.45, 7) is 2.28. The van der Waals surface area contributed by atoms with E-state index in [9.17, 15) is 9.90 Å². The van der Waals surface area contributed by atoms with Crippen LogP contribution in [0.25, 0.3) is 4.96 Å². The van der Waals surface area contributed by atoms with Crippen molar-refractivity contribution in [2.45, 2.75) is 51.1 Å². The lowest BCUT2D eigenvalue weighted by Gasteiger charge is -2.39. The van der Waals surface area contributed by atoms with Crippen LogP contribution in [0.5, 0.6) is 0 Å². The Hall–Kier alpha value is -1.60. The molecule has 0 aliphatic heterocycles. The Balaban J connectivity index is 1.55. The number of hydrogen-bond donors (Lipinski definition) is 3. The second-order valence-electron chi connectivity index (χ2n) is 6.54. The minimum absolute atomic E-state index is 0.0364. The van der Waals surface area contributed by atoms with Crippen LogP contribution >= 0.6 is 11.3 Å². The predicted molar refractivity (Wildman–Crippen MR) is 90.5 cm³/mol. The molecule has 1 saturated carbocycles. The topological polar surface area (TPSA) is 78.7 Å². The van der Waals surface area contributed by atoms with Crippen molar-refractivity contribution in [2.75, 3.05) is 6.61 Å². The summed E-state index contributed by atoms with van der Waals surface area (Å²) in [5.74, 6) is 0.338. The number of aliphatic hydroxyl groups is 1. The largest absolute Gasteiger partial charge is 0.394 e. The van der Waals surface area contributed by atoms with E-state index in [4.69, 9.17) is 0 Å². The number of aromatic nitrogens is 2. The maximum absolute atomic E-state index is 12.2. The molecule has 7 heteroatoms. The highest BCUT2D eigenvalue weighted by Crippen LogP contribution is 2.32. The highest BCUT2D eigenvalue weighted by Gasteiger charge is 2.35. The van der Waals surface area contributed by atoms with Crippen molar-refractivity contribution >= 4 is 22.3 Å². The van der Waals surface area contributed by atoms with Gasteiger partial charge in [-0.2, -0.15) is 0 Å². The van der Waals surface area contributed by atoms with Crippen LogP contribution in [0.2, 0.25) is 0 Å². The lowest BCUT2D eigenvalue weighted by molar-refractivity contribution is 0.101. The van der Waals surface area contributed by atoms with Gasteiger partial charge in [0.2, 0.25) is 0 Å². The first-order valence-corrected chi connectivity index (χ1v) is 9.06. The van der Waals surface area contributed by atoms with Crippen LogP contribution in [-0.2, 0) is 6.54 Å². The van der Waals surface area contributed by atoms with Gasteiger partial charge in [0, 0.05) is 17.8 Å². The first kappa shape index (κ1) is 16.3. The molecule has 1 unspecified atom stereocenters. The van der Waals surface area contributed by atoms with Crippen molar-refractivity contribution < 1.29 is 9.90 Å². The van der Waals surface area contributed by atoms with Crippen LogP contribution in [0.15, 0.2) is 17.8 Å². The predicted octanol–water partition coefficient (Wildman–Crippen LogP) is 2.53. The molecule has 6 nitrogen and oxygen atoms in total. The summed E-state index contributed by atoms with van der Waals surface area (Å²) < 4.78 is 1.94. The van der Waals surface area contributed by atoms with E-state index in [0.29, 0.717) is 12.5 Å². The summed E-state index contributed by atoms with van der Waals surface area (Å²) in [5.41, 5.74) is 0.273. The first-order chi connectivity index (χ1) is 11.1. The molecular weight excluding hydrogens is 312 g/mol. The minimum Gasteiger partial charge on any atom is -0.394 e. The van der Waals surface area contributed by atoms with Gasteiger partial charge in [0.15, 0.2) is 4.96 Å². The number of nitrogens with zero attached hydrogens (tertiary/aromatic N) is 2. The third kappa shape index (κ3) is 3.67. The van der Waals surface area contributed by atoms with E-state index < -0.39 is 5.54 Å². The molecule has 1 fully saturated rings. The van der Waals surface area contributed by atoms with Gasteiger partial charge in [0.1, 0.15) is 0 Å². The van der Waals surface area contributed by atoms with Gasteiger partial charge in [-0.3, -0.25) is 4.40 Å². The second-order valence-corrected chi connectivity index (χ2v) is 7.42. The van der Waals surface area contributed by atoms with E-state index >= 15 is 0 Å². The molecule has 2 aromatic heterocycles. The zero-order valence-corrected chi connectivity index (χ0v) is 14.2. The lowest BCUT2D eigenvalue weighted by atomic mass is 9.76. The number of fused-ring (bicyclic) bond motifs is 1. The SMILES string of the molecule is CC(CO)(NC(=O)NCc1cn2ccsc2n1)C1CCCCC1. The van der Waals surface area contributed by atoms with Crippen molar-refractivity contribution in [3.05, 3.63) is 23.5 Å². The van der Waals surface area contributed by atoms with Crippen LogP contribution < -0.4 is 10.6 Å². The molecule has 1 aliphatic rings. The van der Waals surface area contributed by atoms with Gasteiger partial charge in [-0.25, -0.2) is 9.78 Å². The first-order valence-electron chi connectivity index (χ1n) is 8.19. The maximum Gasteiger partial charge on any atom is 0.315 e. The van der Waals surface area contributed by atoms with Crippen molar-refractivity contribution in [3.63, 3.8) is 0 Å². The van der Waals surface area contributed by atoms with E-state index in [2.05, 4.69) is 15.6 Å². The fourth-order valence-corrected chi connectivity index (χ4v) is 4.06. The summed E-state index contributed by atoms with van der Waals surface area (Å²) in [5, 5.41) is 17.6. The van der Waals surface area contributed by atoms with Crippen LogP contribution in [0.3, 0.4) is 0 Å². The molecule has 0 radical (unpaired) electrons. The molecule has 0 saturated heterocycles. The molecule has 2 aromatic rings. The van der Waals surface area contributed by atoms with E-state index in [1.54, 1.807) is 11.3 Å². The molecule has 126 valence electrons. The zero-order valence-electron chi connectivity index (χ0n) is 13.4. The molecule has 0 aromatic carbocycles. The fourth-order valence-electron chi connectivity index (χ4n) is 3.35. The lowest BCUT2D eigenvalue weighted by Crippen LogP contribution is -2.57. The molecule has 2 amide bonds. The van der Waals surface area contributed by atoms with E-state index in [-0.39, 0.29) is 12.6 Å². The Labute approximate surface area is 139 Å². The third-order valence-corrected chi connectivity index (χ3v) is 5.58. The fraction of sp³-hybridized carbons (Fsp3) is 0.625. The molecular formula is C16H24N4O2S. The standard InChI is InChI=1S/C16H24N4O2S/c1-16(11-21,12-5-3-2-4-6-12)19-14(22)17-9-13-10-20-7-8-23-15(20)18-13/h7-8,10,12,21H,2-6,9,11H2,1H3,(H2,17,19,22). The number of carbonyl (C=O) groups is 1. The normalized spacial score (nSPS) is 18.7. The number of rotatable bonds is 5. The van der Waals surface area contributed by atoms with Gasteiger partial charge in [0.05, 0.1) is 24.4 Å². The van der Waals surface area contributed by atoms with Gasteiger partial charge in [-0.05, 0) is 25.7 Å². The summed E-state index contributed by atoms with van der Waals surface area (Å²) >= 11 is 1.57. The third-order valence-electron chi connectivity index (χ3n) is 4.81. The molecule has 1 aliphatic carbocycles. The van der Waals surface area contributed by atoms with Crippen molar-refractivity contribution in [2.24, 2.45) is 5.92 Å². The van der Waals surface area contributed by atoms with Crippen molar-refractivity contribution in [1.29, 1.82) is 0 Å². The van der Waals surface area contributed by atoms with Crippen molar-refractivity contribution in [1.82, 2.24) is 20.0 Å². The molecule has 23 heavy (non-hydrogen) atoms. The van der Waals surface area contributed by atoms with Gasteiger partial charge in [-0.15, -0.1) is 11.3 Å². The van der Waals surface area contributed by atoms with E-state index in [1.807, 2.05) is 29.1 Å². The number of urea groups is 1. The average molecular weight is 336 g/mol. The molecule has 0 spiro atoms. The summed E-state index contributed by atoms with van der Waals surface area (Å²) in [7, 11) is 0. The molecule has 3 rings (SSSR count). The minimum atomic E-state index is -0.556. The van der Waals surface area contributed by atoms with E-state index in [1.165, 1.54) is 19.3 Å². The zero-order chi connectivity index (χ0) is 16.3. The average Bonchev–Trinajstić information content (AvgIpc) is 3.15. The Bertz CT molecular complexity index is 633. The molecule has 2 heterocycles.